The summed E-state index contributed by atoms with van der Waals surface area (Å²) in [5, 5.41) is 7.90. The second-order valence-corrected chi connectivity index (χ2v) is 4.25. The molecule has 0 aliphatic carbocycles. The van der Waals surface area contributed by atoms with Gasteiger partial charge in [0.2, 0.25) is 0 Å². The molecule has 0 unspecified atom stereocenters. The monoisotopic (exact) mass is 255 g/mol. The molecule has 0 amide bonds. The van der Waals surface area contributed by atoms with Gasteiger partial charge in [0.25, 0.3) is 0 Å². The van der Waals surface area contributed by atoms with Gasteiger partial charge in [-0.15, -0.1) is 0 Å². The van der Waals surface area contributed by atoms with Crippen molar-refractivity contribution in [3.8, 4) is 0 Å². The van der Waals surface area contributed by atoms with E-state index in [1.54, 1.807) is 7.05 Å². The molecule has 0 spiro atoms. The molecule has 1 N–H and O–H groups in total. The molecule has 2 aromatic rings. The minimum absolute atomic E-state index is 0.705. The Morgan fingerprint density at radius 3 is 2.63 bits per heavy atom. The number of amidine groups is 1. The van der Waals surface area contributed by atoms with Crippen molar-refractivity contribution in [1.82, 2.24) is 15.2 Å². The normalized spacial score (nSPS) is 11.4. The van der Waals surface area contributed by atoms with Crippen molar-refractivity contribution in [2.45, 2.75) is 13.5 Å². The van der Waals surface area contributed by atoms with Crippen LogP contribution in [-0.4, -0.2) is 29.4 Å². The first kappa shape index (κ1) is 13.0. The summed E-state index contributed by atoms with van der Waals surface area (Å²) in [5.74, 6) is 0.705. The smallest absolute Gasteiger partial charge is 0.148 e. The van der Waals surface area contributed by atoms with Gasteiger partial charge in [0.1, 0.15) is 5.84 Å². The summed E-state index contributed by atoms with van der Waals surface area (Å²) in [6.45, 7) is 6.19. The van der Waals surface area contributed by atoms with Crippen LogP contribution in [0.25, 0.3) is 0 Å². The Morgan fingerprint density at radius 2 is 2.11 bits per heavy atom. The molecule has 19 heavy (non-hydrogen) atoms. The second kappa shape index (κ2) is 5.95. The van der Waals surface area contributed by atoms with Crippen LogP contribution in [-0.2, 0) is 6.54 Å². The molecular formula is C14H17N5. The average Bonchev–Trinajstić information content (AvgIpc) is 2.82. The summed E-state index contributed by atoms with van der Waals surface area (Å²) in [5.41, 5.74) is 6.10. The maximum absolute atomic E-state index is 4.27. The lowest BCUT2D eigenvalue weighted by atomic mass is 10.1. The molecule has 0 fully saturated rings. The van der Waals surface area contributed by atoms with Crippen LogP contribution in [0, 0.1) is 6.92 Å². The van der Waals surface area contributed by atoms with Crippen molar-refractivity contribution in [2.24, 2.45) is 10.1 Å². The Labute approximate surface area is 112 Å². The number of aliphatic imine (C=N–C) groups is 1. The highest BCUT2D eigenvalue weighted by molar-refractivity contribution is 5.98. The SMILES string of the molecule is C=NNC(=NC)c1ccc(Cn2cc(C)cn2)cc1. The minimum Gasteiger partial charge on any atom is -0.270 e. The number of hydrogen-bond donors (Lipinski definition) is 1. The van der Waals surface area contributed by atoms with E-state index in [9.17, 15) is 0 Å². The molecule has 1 aromatic carbocycles. The van der Waals surface area contributed by atoms with Crippen molar-refractivity contribution in [1.29, 1.82) is 0 Å². The largest absolute Gasteiger partial charge is 0.270 e. The Hall–Kier alpha value is -2.43. The molecule has 0 aliphatic rings. The fraction of sp³-hybridized carbons (Fsp3) is 0.214. The standard InChI is InChI=1S/C14H17N5/c1-11-8-17-19(9-11)10-12-4-6-13(7-5-12)14(15-2)18-16-3/h4-9H,3,10H2,1-2H3,(H,15,18). The van der Waals surface area contributed by atoms with E-state index in [0.717, 1.165) is 12.1 Å². The third-order valence-electron chi connectivity index (χ3n) is 2.74. The summed E-state index contributed by atoms with van der Waals surface area (Å²) >= 11 is 0. The maximum Gasteiger partial charge on any atom is 0.148 e. The first-order chi connectivity index (χ1) is 9.22. The van der Waals surface area contributed by atoms with Gasteiger partial charge in [-0.1, -0.05) is 24.3 Å². The quantitative estimate of drug-likeness (QED) is 0.515. The Balaban J connectivity index is 2.12. The van der Waals surface area contributed by atoms with Gasteiger partial charge in [-0.3, -0.25) is 15.1 Å². The number of hydrogen-bond acceptors (Lipinski definition) is 3. The zero-order chi connectivity index (χ0) is 13.7. The maximum atomic E-state index is 4.27. The first-order valence-corrected chi connectivity index (χ1v) is 6.00. The van der Waals surface area contributed by atoms with Gasteiger partial charge in [-0.25, -0.2) is 0 Å². The molecule has 0 saturated heterocycles. The molecular weight excluding hydrogens is 238 g/mol. The molecule has 0 bridgehead atoms. The van der Waals surface area contributed by atoms with Crippen LogP contribution in [0.1, 0.15) is 16.7 Å². The number of rotatable bonds is 4. The molecule has 5 heteroatoms. The number of nitrogens with zero attached hydrogens (tertiary/aromatic N) is 4. The number of aryl methyl sites for hydroxylation is 1. The van der Waals surface area contributed by atoms with E-state index in [-0.39, 0.29) is 0 Å². The highest BCUT2D eigenvalue weighted by Crippen LogP contribution is 2.07. The van der Waals surface area contributed by atoms with Crippen molar-refractivity contribution in [2.75, 3.05) is 7.05 Å². The highest BCUT2D eigenvalue weighted by atomic mass is 15.3. The zero-order valence-electron chi connectivity index (χ0n) is 11.2. The number of benzene rings is 1. The average molecular weight is 255 g/mol. The van der Waals surface area contributed by atoms with E-state index in [1.807, 2.05) is 36.1 Å². The van der Waals surface area contributed by atoms with Crippen LogP contribution in [0.3, 0.4) is 0 Å². The summed E-state index contributed by atoms with van der Waals surface area (Å²) in [6.07, 6.45) is 3.88. The molecule has 1 heterocycles. The van der Waals surface area contributed by atoms with Crippen LogP contribution in [0.15, 0.2) is 46.8 Å². The first-order valence-electron chi connectivity index (χ1n) is 6.00. The molecule has 0 aliphatic heterocycles. The van der Waals surface area contributed by atoms with Gasteiger partial charge in [-0.2, -0.15) is 10.2 Å². The molecule has 5 nitrogen and oxygen atoms in total. The van der Waals surface area contributed by atoms with Gasteiger partial charge in [0.05, 0.1) is 12.7 Å². The van der Waals surface area contributed by atoms with Gasteiger partial charge in [0.15, 0.2) is 0 Å². The predicted molar refractivity (Wildman–Crippen MR) is 77.7 cm³/mol. The number of aromatic nitrogens is 2. The van der Waals surface area contributed by atoms with Gasteiger partial charge < -0.3 is 0 Å². The lowest BCUT2D eigenvalue weighted by Crippen LogP contribution is -2.18. The van der Waals surface area contributed by atoms with E-state index >= 15 is 0 Å². The van der Waals surface area contributed by atoms with Crippen molar-refractivity contribution in [3.05, 3.63) is 53.3 Å². The molecule has 0 atom stereocenters. The second-order valence-electron chi connectivity index (χ2n) is 4.25. The van der Waals surface area contributed by atoms with Crippen LogP contribution in [0.4, 0.5) is 0 Å². The molecule has 1 aromatic heterocycles. The van der Waals surface area contributed by atoms with Crippen molar-refractivity contribution < 1.29 is 0 Å². The topological polar surface area (TPSA) is 54.6 Å². The Morgan fingerprint density at radius 1 is 1.37 bits per heavy atom. The van der Waals surface area contributed by atoms with Crippen molar-refractivity contribution >= 4 is 12.6 Å². The zero-order valence-corrected chi connectivity index (χ0v) is 11.2. The summed E-state index contributed by atoms with van der Waals surface area (Å²) < 4.78 is 1.92. The minimum atomic E-state index is 0.705. The molecule has 2 rings (SSSR count). The third kappa shape index (κ3) is 3.28. The van der Waals surface area contributed by atoms with Gasteiger partial charge in [0, 0.05) is 25.5 Å². The number of nitrogens with one attached hydrogen (secondary N) is 1. The molecule has 0 saturated carbocycles. The Bertz CT molecular complexity index is 580. The highest BCUT2D eigenvalue weighted by Gasteiger charge is 2.02. The van der Waals surface area contributed by atoms with E-state index in [1.165, 1.54) is 11.1 Å². The van der Waals surface area contributed by atoms with Crippen LogP contribution in [0.5, 0.6) is 0 Å². The van der Waals surface area contributed by atoms with E-state index in [2.05, 4.69) is 39.5 Å². The van der Waals surface area contributed by atoms with Gasteiger partial charge in [-0.05, 0) is 18.1 Å². The van der Waals surface area contributed by atoms with Crippen LogP contribution < -0.4 is 5.43 Å². The fourth-order valence-electron chi connectivity index (χ4n) is 1.83. The van der Waals surface area contributed by atoms with Gasteiger partial charge >= 0.3 is 0 Å². The summed E-state index contributed by atoms with van der Waals surface area (Å²) in [6, 6.07) is 8.13. The molecule has 0 radical (unpaired) electrons. The number of hydrazone groups is 1. The third-order valence-corrected chi connectivity index (χ3v) is 2.74. The van der Waals surface area contributed by atoms with E-state index < -0.39 is 0 Å². The molecule has 98 valence electrons. The van der Waals surface area contributed by atoms with E-state index in [4.69, 9.17) is 0 Å². The summed E-state index contributed by atoms with van der Waals surface area (Å²) in [4.78, 5) is 4.12. The van der Waals surface area contributed by atoms with Crippen LogP contribution in [0.2, 0.25) is 0 Å². The van der Waals surface area contributed by atoms with Crippen LogP contribution >= 0.6 is 0 Å². The van der Waals surface area contributed by atoms with Crippen molar-refractivity contribution in [3.63, 3.8) is 0 Å². The summed E-state index contributed by atoms with van der Waals surface area (Å²) in [7, 11) is 1.72. The lowest BCUT2D eigenvalue weighted by Gasteiger charge is -2.06. The lowest BCUT2D eigenvalue weighted by molar-refractivity contribution is 0.686. The van der Waals surface area contributed by atoms with E-state index in [0.29, 0.717) is 5.84 Å². The predicted octanol–water partition coefficient (Wildman–Crippen LogP) is 1.82. The fourth-order valence-corrected chi connectivity index (χ4v) is 1.83. The Kier molecular flexibility index (Phi) is 4.07.